The molecule has 0 aromatic heterocycles. The molecular weight excluding hydrogens is 252 g/mol. The minimum Gasteiger partial charge on any atom is -0.467 e. The van der Waals surface area contributed by atoms with E-state index in [2.05, 4.69) is 0 Å². The van der Waals surface area contributed by atoms with Crippen molar-refractivity contribution in [3.63, 3.8) is 0 Å². The van der Waals surface area contributed by atoms with Crippen LogP contribution in [0.25, 0.3) is 0 Å². The summed E-state index contributed by atoms with van der Waals surface area (Å²) in [5, 5.41) is 0.0464. The van der Waals surface area contributed by atoms with Crippen LogP contribution >= 0.6 is 11.8 Å². The fourth-order valence-electron chi connectivity index (χ4n) is 2.80. The van der Waals surface area contributed by atoms with E-state index in [4.69, 9.17) is 10.5 Å². The van der Waals surface area contributed by atoms with Gasteiger partial charge in [0.2, 0.25) is 5.91 Å². The standard InChI is InChI=1S/C12H20N2O3S/c1-12(2)6-8-14(9(12)11(16)17-3)10(15)7(13)4-5-18-8/h7-9H,4-6,13H2,1-3H3/t7?,8-,9+/m0/s1. The van der Waals surface area contributed by atoms with Crippen molar-refractivity contribution in [1.82, 2.24) is 4.90 Å². The number of amides is 1. The molecule has 2 saturated heterocycles. The van der Waals surface area contributed by atoms with Crippen molar-refractivity contribution >= 4 is 23.6 Å². The number of fused-ring (bicyclic) bond motifs is 1. The molecule has 5 nitrogen and oxygen atoms in total. The quantitative estimate of drug-likeness (QED) is 0.707. The highest BCUT2D eigenvalue weighted by Crippen LogP contribution is 2.46. The summed E-state index contributed by atoms with van der Waals surface area (Å²) in [6.07, 6.45) is 1.47. The molecule has 0 spiro atoms. The molecule has 2 rings (SSSR count). The Morgan fingerprint density at radius 3 is 2.83 bits per heavy atom. The molecular formula is C12H20N2O3S. The van der Waals surface area contributed by atoms with Gasteiger partial charge in [0, 0.05) is 0 Å². The summed E-state index contributed by atoms with van der Waals surface area (Å²) in [7, 11) is 1.36. The maximum Gasteiger partial charge on any atom is 0.329 e. The van der Waals surface area contributed by atoms with Crippen LogP contribution in [-0.2, 0) is 14.3 Å². The van der Waals surface area contributed by atoms with Crippen LogP contribution in [0.2, 0.25) is 0 Å². The molecule has 0 aromatic carbocycles. The first-order valence-corrected chi connectivity index (χ1v) is 7.20. The van der Waals surface area contributed by atoms with Gasteiger partial charge in [-0.1, -0.05) is 13.8 Å². The number of methoxy groups -OCH3 is 1. The van der Waals surface area contributed by atoms with E-state index in [1.165, 1.54) is 7.11 Å². The Kier molecular flexibility index (Phi) is 3.60. The number of nitrogens with two attached hydrogens (primary N) is 1. The molecule has 2 fully saturated rings. The molecule has 0 bridgehead atoms. The second-order valence-corrected chi connectivity index (χ2v) is 6.87. The summed E-state index contributed by atoms with van der Waals surface area (Å²) in [5.41, 5.74) is 5.60. The Morgan fingerprint density at radius 2 is 2.22 bits per heavy atom. The van der Waals surface area contributed by atoms with Crippen molar-refractivity contribution in [2.24, 2.45) is 11.1 Å². The number of carbonyl (C=O) groups is 2. The Bertz CT molecular complexity index is 372. The first-order valence-electron chi connectivity index (χ1n) is 6.15. The average molecular weight is 272 g/mol. The molecule has 0 radical (unpaired) electrons. The zero-order chi connectivity index (χ0) is 13.5. The highest BCUT2D eigenvalue weighted by molar-refractivity contribution is 7.99. The number of carbonyl (C=O) groups excluding carboxylic acids is 2. The maximum atomic E-state index is 12.3. The van der Waals surface area contributed by atoms with Gasteiger partial charge in [-0.05, 0) is 24.0 Å². The molecule has 18 heavy (non-hydrogen) atoms. The van der Waals surface area contributed by atoms with Crippen molar-refractivity contribution in [3.05, 3.63) is 0 Å². The number of rotatable bonds is 1. The van der Waals surface area contributed by atoms with Crippen LogP contribution in [0.5, 0.6) is 0 Å². The highest BCUT2D eigenvalue weighted by atomic mass is 32.2. The van der Waals surface area contributed by atoms with Gasteiger partial charge in [-0.3, -0.25) is 4.79 Å². The van der Waals surface area contributed by atoms with E-state index in [0.717, 1.165) is 12.2 Å². The van der Waals surface area contributed by atoms with Gasteiger partial charge in [0.1, 0.15) is 6.04 Å². The SMILES string of the molecule is COC(=O)[C@H]1N2C(=O)C(N)CCS[C@H]2CC1(C)C. The molecule has 2 aliphatic rings. The summed E-state index contributed by atoms with van der Waals surface area (Å²) in [4.78, 5) is 26.0. The third-order valence-corrected chi connectivity index (χ3v) is 5.01. The van der Waals surface area contributed by atoms with E-state index in [9.17, 15) is 9.59 Å². The van der Waals surface area contributed by atoms with Crippen molar-refractivity contribution in [2.45, 2.75) is 44.1 Å². The van der Waals surface area contributed by atoms with Crippen molar-refractivity contribution < 1.29 is 14.3 Å². The summed E-state index contributed by atoms with van der Waals surface area (Å²) in [6.45, 7) is 4.01. The third kappa shape index (κ3) is 2.12. The zero-order valence-corrected chi connectivity index (χ0v) is 11.8. The minimum atomic E-state index is -0.517. The predicted molar refractivity (Wildman–Crippen MR) is 69.9 cm³/mol. The smallest absolute Gasteiger partial charge is 0.329 e. The topological polar surface area (TPSA) is 72.6 Å². The maximum absolute atomic E-state index is 12.3. The fourth-order valence-corrected chi connectivity index (χ4v) is 4.40. The number of thioether (sulfide) groups is 1. The molecule has 0 aromatic rings. The van der Waals surface area contributed by atoms with Gasteiger partial charge in [-0.15, -0.1) is 11.8 Å². The number of ether oxygens (including phenoxy) is 1. The van der Waals surface area contributed by atoms with Crippen molar-refractivity contribution in [3.8, 4) is 0 Å². The van der Waals surface area contributed by atoms with Gasteiger partial charge in [0.15, 0.2) is 0 Å². The normalized spacial score (nSPS) is 35.0. The van der Waals surface area contributed by atoms with Gasteiger partial charge in [-0.25, -0.2) is 4.79 Å². The lowest BCUT2D eigenvalue weighted by molar-refractivity contribution is -0.154. The van der Waals surface area contributed by atoms with Crippen LogP contribution in [0.1, 0.15) is 26.7 Å². The molecule has 102 valence electrons. The van der Waals surface area contributed by atoms with E-state index >= 15 is 0 Å². The van der Waals surface area contributed by atoms with Crippen LogP contribution in [-0.4, -0.2) is 47.1 Å². The fraction of sp³-hybridized carbons (Fsp3) is 0.833. The second kappa shape index (κ2) is 4.74. The second-order valence-electron chi connectivity index (χ2n) is 5.58. The Hall–Kier alpha value is -0.750. The molecule has 2 N–H and O–H groups in total. The van der Waals surface area contributed by atoms with Crippen molar-refractivity contribution in [2.75, 3.05) is 12.9 Å². The molecule has 6 heteroatoms. The van der Waals surface area contributed by atoms with Crippen LogP contribution in [0.15, 0.2) is 0 Å². The molecule has 3 atom stereocenters. The Balaban J connectivity index is 2.36. The lowest BCUT2D eigenvalue weighted by atomic mass is 9.84. The Morgan fingerprint density at radius 1 is 1.56 bits per heavy atom. The van der Waals surface area contributed by atoms with Crippen LogP contribution in [0, 0.1) is 5.41 Å². The molecule has 1 amide bonds. The van der Waals surface area contributed by atoms with Crippen LogP contribution < -0.4 is 5.73 Å². The minimum absolute atomic E-state index is 0.0464. The lowest BCUT2D eigenvalue weighted by Gasteiger charge is -2.31. The van der Waals surface area contributed by atoms with E-state index in [-0.39, 0.29) is 22.7 Å². The number of esters is 1. The lowest BCUT2D eigenvalue weighted by Crippen LogP contribution is -2.52. The summed E-state index contributed by atoms with van der Waals surface area (Å²) in [6, 6.07) is -1.01. The van der Waals surface area contributed by atoms with E-state index in [1.807, 2.05) is 13.8 Å². The van der Waals surface area contributed by atoms with E-state index in [0.29, 0.717) is 6.42 Å². The number of hydrogen-bond donors (Lipinski definition) is 1. The largest absolute Gasteiger partial charge is 0.467 e. The molecule has 2 aliphatic heterocycles. The molecule has 0 aliphatic carbocycles. The first-order chi connectivity index (χ1) is 8.38. The monoisotopic (exact) mass is 272 g/mol. The van der Waals surface area contributed by atoms with Crippen molar-refractivity contribution in [1.29, 1.82) is 0 Å². The third-order valence-electron chi connectivity index (χ3n) is 3.76. The van der Waals surface area contributed by atoms with Crippen LogP contribution in [0.3, 0.4) is 0 Å². The van der Waals surface area contributed by atoms with Crippen LogP contribution in [0.4, 0.5) is 0 Å². The Labute approximate surface area is 111 Å². The molecule has 0 saturated carbocycles. The summed E-state index contributed by atoms with van der Waals surface area (Å²) < 4.78 is 4.86. The van der Waals surface area contributed by atoms with Gasteiger partial charge < -0.3 is 15.4 Å². The predicted octanol–water partition coefficient (Wildman–Crippen LogP) is 0.577. The van der Waals surface area contributed by atoms with Gasteiger partial charge >= 0.3 is 5.97 Å². The van der Waals surface area contributed by atoms with Gasteiger partial charge in [0.25, 0.3) is 0 Å². The number of hydrogen-bond acceptors (Lipinski definition) is 5. The molecule has 2 heterocycles. The van der Waals surface area contributed by atoms with Gasteiger partial charge in [0.05, 0.1) is 18.5 Å². The summed E-state index contributed by atoms with van der Waals surface area (Å²) in [5.74, 6) is 0.398. The number of nitrogens with zero attached hydrogens (tertiary/aromatic N) is 1. The summed E-state index contributed by atoms with van der Waals surface area (Å²) >= 11 is 1.71. The first kappa shape index (κ1) is 13.7. The van der Waals surface area contributed by atoms with E-state index in [1.54, 1.807) is 16.7 Å². The zero-order valence-electron chi connectivity index (χ0n) is 11.0. The van der Waals surface area contributed by atoms with E-state index < -0.39 is 12.1 Å². The highest BCUT2D eigenvalue weighted by Gasteiger charge is 2.54. The molecule has 1 unspecified atom stereocenters. The van der Waals surface area contributed by atoms with Gasteiger partial charge in [-0.2, -0.15) is 0 Å². The average Bonchev–Trinajstić information content (AvgIpc) is 2.50.